The number of pyridine rings is 1. The monoisotopic (exact) mass is 307 g/mol. The summed E-state index contributed by atoms with van der Waals surface area (Å²) in [6.45, 7) is 1.70. The maximum Gasteiger partial charge on any atom is 0.340 e. The van der Waals surface area contributed by atoms with Gasteiger partial charge in [0, 0.05) is 19.5 Å². The van der Waals surface area contributed by atoms with Crippen molar-refractivity contribution < 1.29 is 23.0 Å². The number of carbonyl (C=O) groups excluding carboxylic acids is 1. The molecule has 0 amide bonds. The number of carbonyl (C=O) groups is 1. The minimum atomic E-state index is -1.44. The summed E-state index contributed by atoms with van der Waals surface area (Å²) in [4.78, 5) is 15.6. The Morgan fingerprint density at radius 3 is 2.27 bits per heavy atom. The molecule has 0 saturated carbocycles. The molecular weight excluding hydrogens is 292 g/mol. The summed E-state index contributed by atoms with van der Waals surface area (Å²) in [5, 5.41) is 0. The van der Waals surface area contributed by atoms with Crippen molar-refractivity contribution in [2.24, 2.45) is 0 Å². The normalized spacial score (nSPS) is 12.0. The molecule has 1 aromatic carbocycles. The molecule has 1 heterocycles. The molecule has 2 aromatic rings. The maximum absolute atomic E-state index is 14.3. The first-order chi connectivity index (χ1) is 10.6. The second-order valence-electron chi connectivity index (χ2n) is 4.46. The average molecular weight is 307 g/mol. The van der Waals surface area contributed by atoms with Crippen molar-refractivity contribution >= 4 is 5.97 Å². The van der Waals surface area contributed by atoms with Crippen LogP contribution in [0.1, 0.15) is 18.6 Å². The number of ether oxygens (including phenoxy) is 2. The molecule has 0 aliphatic carbocycles. The summed E-state index contributed by atoms with van der Waals surface area (Å²) < 4.78 is 38.2. The number of esters is 1. The van der Waals surface area contributed by atoms with Crippen molar-refractivity contribution in [3.63, 3.8) is 0 Å². The fourth-order valence-electron chi connectivity index (χ4n) is 2.10. The quantitative estimate of drug-likeness (QED) is 0.795. The van der Waals surface area contributed by atoms with Gasteiger partial charge in [0.15, 0.2) is 6.10 Å². The standard InChI is InChI=1S/C16H15F2NO3/c1-3-22-16(20)15(21-2)14-12(17)8-11(9-13(14)18)10-4-6-19-7-5-10/h4-9,15H,3H2,1-2H3. The van der Waals surface area contributed by atoms with Gasteiger partial charge in [0.2, 0.25) is 0 Å². The van der Waals surface area contributed by atoms with Crippen molar-refractivity contribution in [2.45, 2.75) is 13.0 Å². The van der Waals surface area contributed by atoms with Crippen LogP contribution in [-0.4, -0.2) is 24.7 Å². The highest BCUT2D eigenvalue weighted by molar-refractivity contribution is 5.77. The fourth-order valence-corrected chi connectivity index (χ4v) is 2.10. The van der Waals surface area contributed by atoms with E-state index in [-0.39, 0.29) is 6.61 Å². The Labute approximate surface area is 126 Å². The van der Waals surface area contributed by atoms with Crippen molar-refractivity contribution in [2.75, 3.05) is 13.7 Å². The molecular formula is C16H15F2NO3. The van der Waals surface area contributed by atoms with Crippen molar-refractivity contribution in [3.8, 4) is 11.1 Å². The van der Waals surface area contributed by atoms with E-state index in [1.54, 1.807) is 19.1 Å². The third-order valence-electron chi connectivity index (χ3n) is 3.09. The van der Waals surface area contributed by atoms with Crippen LogP contribution in [0, 0.1) is 11.6 Å². The molecule has 116 valence electrons. The maximum atomic E-state index is 14.3. The predicted molar refractivity (Wildman–Crippen MR) is 76.0 cm³/mol. The second-order valence-corrected chi connectivity index (χ2v) is 4.46. The molecule has 1 aromatic heterocycles. The lowest BCUT2D eigenvalue weighted by atomic mass is 10.0. The van der Waals surface area contributed by atoms with E-state index >= 15 is 0 Å². The molecule has 6 heteroatoms. The van der Waals surface area contributed by atoms with Gasteiger partial charge < -0.3 is 9.47 Å². The first kappa shape index (κ1) is 16.0. The van der Waals surface area contributed by atoms with Gasteiger partial charge in [0.05, 0.1) is 12.2 Å². The largest absolute Gasteiger partial charge is 0.464 e. The average Bonchev–Trinajstić information content (AvgIpc) is 2.51. The van der Waals surface area contributed by atoms with Crippen LogP contribution in [0.4, 0.5) is 8.78 Å². The van der Waals surface area contributed by atoms with E-state index in [4.69, 9.17) is 9.47 Å². The SMILES string of the molecule is CCOC(=O)C(OC)c1c(F)cc(-c2ccncc2)cc1F. The van der Waals surface area contributed by atoms with E-state index in [1.165, 1.54) is 19.5 Å². The van der Waals surface area contributed by atoms with Crippen LogP contribution in [-0.2, 0) is 14.3 Å². The second kappa shape index (κ2) is 7.09. The number of hydrogen-bond acceptors (Lipinski definition) is 4. The summed E-state index contributed by atoms with van der Waals surface area (Å²) in [7, 11) is 1.19. The van der Waals surface area contributed by atoms with Crippen molar-refractivity contribution in [1.29, 1.82) is 0 Å². The van der Waals surface area contributed by atoms with E-state index in [0.29, 0.717) is 11.1 Å². The number of aromatic nitrogens is 1. The summed E-state index contributed by atoms with van der Waals surface area (Å²) in [6.07, 6.45) is 1.61. The summed E-state index contributed by atoms with van der Waals surface area (Å²) >= 11 is 0. The predicted octanol–water partition coefficient (Wildman–Crippen LogP) is 3.28. The number of methoxy groups -OCH3 is 1. The Kier molecular flexibility index (Phi) is 5.16. The van der Waals surface area contributed by atoms with E-state index in [1.807, 2.05) is 0 Å². The summed E-state index contributed by atoms with van der Waals surface area (Å²) in [5.74, 6) is -2.57. The lowest BCUT2D eigenvalue weighted by Crippen LogP contribution is -2.20. The summed E-state index contributed by atoms with van der Waals surface area (Å²) in [5.41, 5.74) is 0.503. The van der Waals surface area contributed by atoms with Crippen LogP contribution < -0.4 is 0 Å². The topological polar surface area (TPSA) is 48.4 Å². The molecule has 0 fully saturated rings. The Balaban J connectivity index is 2.44. The van der Waals surface area contributed by atoms with Crippen molar-refractivity contribution in [3.05, 3.63) is 53.9 Å². The Hall–Kier alpha value is -2.34. The van der Waals surface area contributed by atoms with E-state index in [0.717, 1.165) is 12.1 Å². The molecule has 0 bridgehead atoms. The highest BCUT2D eigenvalue weighted by Gasteiger charge is 2.28. The lowest BCUT2D eigenvalue weighted by Gasteiger charge is -2.16. The smallest absolute Gasteiger partial charge is 0.340 e. The summed E-state index contributed by atoms with van der Waals surface area (Å²) in [6, 6.07) is 5.57. The van der Waals surface area contributed by atoms with Crippen molar-refractivity contribution in [1.82, 2.24) is 4.98 Å². The molecule has 2 rings (SSSR count). The Morgan fingerprint density at radius 2 is 1.77 bits per heavy atom. The number of nitrogens with zero attached hydrogens (tertiary/aromatic N) is 1. The van der Waals surface area contributed by atoms with Gasteiger partial charge in [-0.05, 0) is 42.3 Å². The third kappa shape index (κ3) is 3.28. The third-order valence-corrected chi connectivity index (χ3v) is 3.09. The van der Waals surface area contributed by atoms with Gasteiger partial charge in [-0.15, -0.1) is 0 Å². The zero-order chi connectivity index (χ0) is 16.1. The number of hydrogen-bond donors (Lipinski definition) is 0. The molecule has 0 radical (unpaired) electrons. The van der Waals surface area contributed by atoms with Gasteiger partial charge in [-0.25, -0.2) is 13.6 Å². The van der Waals surface area contributed by atoms with Gasteiger partial charge in [-0.3, -0.25) is 4.98 Å². The van der Waals surface area contributed by atoms with Gasteiger partial charge >= 0.3 is 5.97 Å². The fraction of sp³-hybridized carbons (Fsp3) is 0.250. The Morgan fingerprint density at radius 1 is 1.18 bits per heavy atom. The minimum absolute atomic E-state index is 0.0943. The first-order valence-corrected chi connectivity index (χ1v) is 6.67. The molecule has 0 N–H and O–H groups in total. The number of benzene rings is 1. The molecule has 4 nitrogen and oxygen atoms in total. The van der Waals surface area contributed by atoms with Gasteiger partial charge in [-0.1, -0.05) is 0 Å². The molecule has 1 atom stereocenters. The molecule has 22 heavy (non-hydrogen) atoms. The number of rotatable bonds is 5. The molecule has 0 spiro atoms. The zero-order valence-corrected chi connectivity index (χ0v) is 12.2. The highest BCUT2D eigenvalue weighted by Crippen LogP contribution is 2.29. The molecule has 0 aliphatic rings. The van der Waals surface area contributed by atoms with Gasteiger partial charge in [0.25, 0.3) is 0 Å². The van der Waals surface area contributed by atoms with E-state index < -0.39 is 29.3 Å². The van der Waals surface area contributed by atoms with Crippen LogP contribution in [0.5, 0.6) is 0 Å². The van der Waals surface area contributed by atoms with Crippen LogP contribution in [0.2, 0.25) is 0 Å². The van der Waals surface area contributed by atoms with E-state index in [9.17, 15) is 13.6 Å². The first-order valence-electron chi connectivity index (χ1n) is 6.67. The van der Waals surface area contributed by atoms with Crippen LogP contribution in [0.25, 0.3) is 11.1 Å². The Bertz CT molecular complexity index is 639. The molecule has 0 saturated heterocycles. The highest BCUT2D eigenvalue weighted by atomic mass is 19.1. The van der Waals surface area contributed by atoms with Crippen LogP contribution in [0.3, 0.4) is 0 Å². The minimum Gasteiger partial charge on any atom is -0.464 e. The van der Waals surface area contributed by atoms with E-state index in [2.05, 4.69) is 4.98 Å². The molecule has 0 aliphatic heterocycles. The lowest BCUT2D eigenvalue weighted by molar-refractivity contribution is -0.155. The van der Waals surface area contributed by atoms with Gasteiger partial charge in [-0.2, -0.15) is 0 Å². The van der Waals surface area contributed by atoms with Crippen LogP contribution in [0.15, 0.2) is 36.7 Å². The molecule has 1 unspecified atom stereocenters. The van der Waals surface area contributed by atoms with Crippen LogP contribution >= 0.6 is 0 Å². The van der Waals surface area contributed by atoms with Gasteiger partial charge in [0.1, 0.15) is 11.6 Å². The zero-order valence-electron chi connectivity index (χ0n) is 12.2. The number of halogens is 2.